The molecule has 7 heteroatoms. The van der Waals surface area contributed by atoms with Gasteiger partial charge in [-0.2, -0.15) is 0 Å². The Morgan fingerprint density at radius 2 is 2.23 bits per heavy atom. The SMILES string of the molecule is COc1cc(NC(C)=O)c(Cl)cc1C(=O)NC[C@H]1CCCO1. The number of anilines is 1. The van der Waals surface area contributed by atoms with Crippen LogP contribution in [0.1, 0.15) is 30.1 Å². The number of carbonyl (C=O) groups is 2. The number of rotatable bonds is 5. The van der Waals surface area contributed by atoms with Crippen molar-refractivity contribution in [3.63, 3.8) is 0 Å². The highest BCUT2D eigenvalue weighted by Gasteiger charge is 2.20. The van der Waals surface area contributed by atoms with Gasteiger partial charge in [0.25, 0.3) is 5.91 Å². The second kappa shape index (κ2) is 7.47. The van der Waals surface area contributed by atoms with Gasteiger partial charge in [0.15, 0.2) is 0 Å². The summed E-state index contributed by atoms with van der Waals surface area (Å²) in [5.41, 5.74) is 0.723. The number of hydrogen-bond acceptors (Lipinski definition) is 4. The van der Waals surface area contributed by atoms with Crippen LogP contribution in [-0.4, -0.2) is 38.2 Å². The summed E-state index contributed by atoms with van der Waals surface area (Å²) in [6.45, 7) is 2.57. The number of halogens is 1. The van der Waals surface area contributed by atoms with Gasteiger partial charge in [0.05, 0.1) is 29.5 Å². The van der Waals surface area contributed by atoms with E-state index in [4.69, 9.17) is 21.1 Å². The van der Waals surface area contributed by atoms with Crippen molar-refractivity contribution in [3.8, 4) is 5.75 Å². The molecule has 22 heavy (non-hydrogen) atoms. The highest BCUT2D eigenvalue weighted by molar-refractivity contribution is 6.34. The number of ether oxygens (including phenoxy) is 2. The Bertz CT molecular complexity index is 571. The molecular weight excluding hydrogens is 308 g/mol. The van der Waals surface area contributed by atoms with Crippen LogP contribution in [0.5, 0.6) is 5.75 Å². The Morgan fingerprint density at radius 3 is 2.82 bits per heavy atom. The third-order valence-electron chi connectivity index (χ3n) is 3.36. The number of benzene rings is 1. The van der Waals surface area contributed by atoms with Gasteiger partial charge in [-0.1, -0.05) is 11.6 Å². The average Bonchev–Trinajstić information content (AvgIpc) is 2.99. The number of hydrogen-bond donors (Lipinski definition) is 2. The van der Waals surface area contributed by atoms with E-state index in [0.717, 1.165) is 19.4 Å². The van der Waals surface area contributed by atoms with Crippen LogP contribution in [0.3, 0.4) is 0 Å². The van der Waals surface area contributed by atoms with Gasteiger partial charge < -0.3 is 20.1 Å². The minimum Gasteiger partial charge on any atom is -0.496 e. The number of nitrogens with one attached hydrogen (secondary N) is 2. The molecular formula is C15H19ClN2O4. The molecule has 1 atom stereocenters. The molecule has 1 saturated heterocycles. The molecule has 1 fully saturated rings. The molecule has 0 bridgehead atoms. The largest absolute Gasteiger partial charge is 0.496 e. The van der Waals surface area contributed by atoms with Crippen LogP contribution in [0, 0.1) is 0 Å². The first kappa shape index (κ1) is 16.6. The molecule has 1 aromatic carbocycles. The van der Waals surface area contributed by atoms with Crippen molar-refractivity contribution in [2.75, 3.05) is 25.6 Å². The standard InChI is InChI=1S/C15H19ClN2O4/c1-9(19)18-13-7-14(21-2)11(6-12(13)16)15(20)17-8-10-4-3-5-22-10/h6-7,10H,3-5,8H2,1-2H3,(H,17,20)(H,18,19)/t10-/m1/s1. The lowest BCUT2D eigenvalue weighted by Gasteiger charge is -2.14. The van der Waals surface area contributed by atoms with Crippen molar-refractivity contribution in [2.24, 2.45) is 0 Å². The zero-order chi connectivity index (χ0) is 16.1. The van der Waals surface area contributed by atoms with Gasteiger partial charge in [0.2, 0.25) is 5.91 Å². The fraction of sp³-hybridized carbons (Fsp3) is 0.467. The van der Waals surface area contributed by atoms with E-state index in [1.165, 1.54) is 26.2 Å². The third kappa shape index (κ3) is 4.11. The monoisotopic (exact) mass is 326 g/mol. The first-order valence-electron chi connectivity index (χ1n) is 7.06. The summed E-state index contributed by atoms with van der Waals surface area (Å²) < 4.78 is 10.7. The van der Waals surface area contributed by atoms with Crippen LogP contribution < -0.4 is 15.4 Å². The minimum atomic E-state index is -0.288. The lowest BCUT2D eigenvalue weighted by Crippen LogP contribution is -2.32. The molecule has 1 aromatic rings. The predicted molar refractivity (Wildman–Crippen MR) is 83.6 cm³/mol. The molecule has 1 aliphatic heterocycles. The van der Waals surface area contributed by atoms with Crippen LogP contribution in [0.2, 0.25) is 5.02 Å². The van der Waals surface area contributed by atoms with Crippen LogP contribution >= 0.6 is 11.6 Å². The summed E-state index contributed by atoms with van der Waals surface area (Å²) in [7, 11) is 1.46. The van der Waals surface area contributed by atoms with Gasteiger partial charge in [-0.25, -0.2) is 0 Å². The molecule has 0 spiro atoms. The van der Waals surface area contributed by atoms with Crippen molar-refractivity contribution in [2.45, 2.75) is 25.9 Å². The lowest BCUT2D eigenvalue weighted by molar-refractivity contribution is -0.114. The van der Waals surface area contributed by atoms with Gasteiger partial charge in [-0.3, -0.25) is 9.59 Å². The minimum absolute atomic E-state index is 0.0593. The Hall–Kier alpha value is -1.79. The molecule has 1 heterocycles. The smallest absolute Gasteiger partial charge is 0.255 e. The number of carbonyl (C=O) groups excluding carboxylic acids is 2. The van der Waals surface area contributed by atoms with Crippen molar-refractivity contribution in [3.05, 3.63) is 22.7 Å². The molecule has 1 aliphatic rings. The Balaban J connectivity index is 2.12. The van der Waals surface area contributed by atoms with Crippen LogP contribution in [-0.2, 0) is 9.53 Å². The molecule has 120 valence electrons. The molecule has 0 aromatic heterocycles. The topological polar surface area (TPSA) is 76.7 Å². The summed E-state index contributed by atoms with van der Waals surface area (Å²) in [6, 6.07) is 3.02. The first-order chi connectivity index (χ1) is 10.5. The van der Waals surface area contributed by atoms with E-state index in [1.54, 1.807) is 0 Å². The highest BCUT2D eigenvalue weighted by Crippen LogP contribution is 2.31. The van der Waals surface area contributed by atoms with E-state index in [9.17, 15) is 9.59 Å². The van der Waals surface area contributed by atoms with Crippen molar-refractivity contribution < 1.29 is 19.1 Å². The van der Waals surface area contributed by atoms with Crippen molar-refractivity contribution in [1.29, 1.82) is 0 Å². The van der Waals surface area contributed by atoms with Gasteiger partial charge in [0, 0.05) is 26.1 Å². The first-order valence-corrected chi connectivity index (χ1v) is 7.44. The van der Waals surface area contributed by atoms with Gasteiger partial charge >= 0.3 is 0 Å². The zero-order valence-corrected chi connectivity index (χ0v) is 13.3. The Morgan fingerprint density at radius 1 is 1.45 bits per heavy atom. The molecule has 0 radical (unpaired) electrons. The molecule has 0 saturated carbocycles. The maximum atomic E-state index is 12.3. The second-order valence-corrected chi connectivity index (χ2v) is 5.47. The molecule has 6 nitrogen and oxygen atoms in total. The fourth-order valence-corrected chi connectivity index (χ4v) is 2.50. The van der Waals surface area contributed by atoms with Gasteiger partial charge in [0.1, 0.15) is 5.75 Å². The number of amides is 2. The molecule has 2 amide bonds. The average molecular weight is 327 g/mol. The molecule has 0 unspecified atom stereocenters. The zero-order valence-electron chi connectivity index (χ0n) is 12.6. The second-order valence-electron chi connectivity index (χ2n) is 5.06. The van der Waals surface area contributed by atoms with Crippen LogP contribution in [0.4, 0.5) is 5.69 Å². The van der Waals surface area contributed by atoms with Gasteiger partial charge in [-0.15, -0.1) is 0 Å². The van der Waals surface area contributed by atoms with E-state index in [-0.39, 0.29) is 22.9 Å². The Labute approximate surface area is 134 Å². The molecule has 0 aliphatic carbocycles. The summed E-state index contributed by atoms with van der Waals surface area (Å²) in [5, 5.41) is 5.68. The Kier molecular flexibility index (Phi) is 5.63. The molecule has 2 rings (SSSR count). The summed E-state index contributed by atoms with van der Waals surface area (Å²) >= 11 is 6.10. The summed E-state index contributed by atoms with van der Waals surface area (Å²) in [5.74, 6) is -0.193. The van der Waals surface area contributed by atoms with Crippen LogP contribution in [0.15, 0.2) is 12.1 Å². The van der Waals surface area contributed by atoms with E-state index >= 15 is 0 Å². The van der Waals surface area contributed by atoms with E-state index in [1.807, 2.05) is 0 Å². The third-order valence-corrected chi connectivity index (χ3v) is 3.67. The van der Waals surface area contributed by atoms with Crippen molar-refractivity contribution >= 4 is 29.1 Å². The van der Waals surface area contributed by atoms with Gasteiger partial charge in [-0.05, 0) is 18.9 Å². The van der Waals surface area contributed by atoms with Crippen molar-refractivity contribution in [1.82, 2.24) is 5.32 Å². The summed E-state index contributed by atoms with van der Waals surface area (Å²) in [6.07, 6.45) is 2.02. The summed E-state index contributed by atoms with van der Waals surface area (Å²) in [4.78, 5) is 23.4. The lowest BCUT2D eigenvalue weighted by atomic mass is 10.1. The van der Waals surface area contributed by atoms with E-state index in [0.29, 0.717) is 23.5 Å². The normalized spacial score (nSPS) is 17.1. The fourth-order valence-electron chi connectivity index (χ4n) is 2.29. The maximum absolute atomic E-state index is 12.3. The number of methoxy groups -OCH3 is 1. The quantitative estimate of drug-likeness (QED) is 0.869. The maximum Gasteiger partial charge on any atom is 0.255 e. The predicted octanol–water partition coefficient (Wildman–Crippen LogP) is 2.22. The van der Waals surface area contributed by atoms with Crippen LogP contribution in [0.25, 0.3) is 0 Å². The van der Waals surface area contributed by atoms with E-state index in [2.05, 4.69) is 10.6 Å². The highest BCUT2D eigenvalue weighted by atomic mass is 35.5. The molecule has 2 N–H and O–H groups in total. The van der Waals surface area contributed by atoms with E-state index < -0.39 is 0 Å².